The van der Waals surface area contributed by atoms with Crippen molar-refractivity contribution in [3.05, 3.63) is 52.0 Å². The minimum Gasteiger partial charge on any atom is -0.349 e. The van der Waals surface area contributed by atoms with Crippen LogP contribution in [0, 0.1) is 5.82 Å². The van der Waals surface area contributed by atoms with Crippen LogP contribution in [0.25, 0.3) is 0 Å². The van der Waals surface area contributed by atoms with E-state index in [2.05, 4.69) is 10.7 Å². The van der Waals surface area contributed by atoms with Crippen molar-refractivity contribution in [1.82, 2.24) is 5.32 Å². The third kappa shape index (κ3) is 3.66. The molecule has 3 rings (SSSR count). The summed E-state index contributed by atoms with van der Waals surface area (Å²) in [6.45, 7) is 0. The lowest BCUT2D eigenvalue weighted by atomic mass is 10.0. The zero-order valence-corrected chi connectivity index (χ0v) is 13.1. The summed E-state index contributed by atoms with van der Waals surface area (Å²) < 4.78 is 13.4. The molecule has 1 N–H and O–H groups in total. The highest BCUT2D eigenvalue weighted by molar-refractivity contribution is 7.99. The Kier molecular flexibility index (Phi) is 4.60. The molecule has 1 aliphatic heterocycles. The summed E-state index contributed by atoms with van der Waals surface area (Å²) in [4.78, 5) is 13.2. The van der Waals surface area contributed by atoms with Crippen LogP contribution in [0.2, 0.25) is 0 Å². The van der Waals surface area contributed by atoms with Crippen molar-refractivity contribution in [2.45, 2.75) is 30.2 Å². The van der Waals surface area contributed by atoms with Crippen molar-refractivity contribution in [3.63, 3.8) is 0 Å². The van der Waals surface area contributed by atoms with Crippen LogP contribution < -0.4 is 5.32 Å². The number of halogens is 1. The minimum atomic E-state index is -0.242. The van der Waals surface area contributed by atoms with E-state index >= 15 is 0 Å². The van der Waals surface area contributed by atoms with E-state index in [1.807, 2.05) is 11.4 Å². The highest BCUT2D eigenvalue weighted by atomic mass is 32.2. The number of amides is 1. The van der Waals surface area contributed by atoms with E-state index in [0.29, 0.717) is 6.42 Å². The quantitative estimate of drug-likeness (QED) is 0.915. The number of benzene rings is 1. The topological polar surface area (TPSA) is 29.1 Å². The fourth-order valence-electron chi connectivity index (χ4n) is 2.47. The Morgan fingerprint density at radius 2 is 2.29 bits per heavy atom. The van der Waals surface area contributed by atoms with Crippen LogP contribution in [-0.4, -0.2) is 11.7 Å². The predicted molar refractivity (Wildman–Crippen MR) is 85.3 cm³/mol. The van der Waals surface area contributed by atoms with Crippen molar-refractivity contribution >= 4 is 29.0 Å². The Morgan fingerprint density at radius 1 is 1.38 bits per heavy atom. The summed E-state index contributed by atoms with van der Waals surface area (Å²) in [5.74, 6) is 0.746. The van der Waals surface area contributed by atoms with Gasteiger partial charge in [-0.2, -0.15) is 11.3 Å². The van der Waals surface area contributed by atoms with Gasteiger partial charge in [0.1, 0.15) is 5.82 Å². The van der Waals surface area contributed by atoms with Crippen LogP contribution in [-0.2, 0) is 11.2 Å². The van der Waals surface area contributed by atoms with Crippen molar-refractivity contribution in [3.8, 4) is 0 Å². The number of rotatable bonds is 4. The molecule has 1 aliphatic rings. The van der Waals surface area contributed by atoms with Gasteiger partial charge >= 0.3 is 0 Å². The number of aryl methyl sites for hydroxylation is 1. The van der Waals surface area contributed by atoms with Crippen molar-refractivity contribution in [1.29, 1.82) is 0 Å². The predicted octanol–water partition coefficient (Wildman–Crippen LogP) is 4.17. The summed E-state index contributed by atoms with van der Waals surface area (Å²) in [5, 5.41) is 7.13. The smallest absolute Gasteiger partial charge is 0.220 e. The lowest BCUT2D eigenvalue weighted by molar-refractivity contribution is -0.121. The molecule has 1 aromatic carbocycles. The van der Waals surface area contributed by atoms with Crippen LogP contribution in [0.3, 0.4) is 0 Å². The Labute approximate surface area is 131 Å². The molecule has 1 atom stereocenters. The highest BCUT2D eigenvalue weighted by Gasteiger charge is 2.22. The van der Waals surface area contributed by atoms with Gasteiger partial charge in [0.15, 0.2) is 0 Å². The third-order valence-corrected chi connectivity index (χ3v) is 5.42. The van der Waals surface area contributed by atoms with Gasteiger partial charge in [-0.1, -0.05) is 0 Å². The molecule has 2 nitrogen and oxygen atoms in total. The summed E-state index contributed by atoms with van der Waals surface area (Å²) in [6.07, 6.45) is 2.09. The summed E-state index contributed by atoms with van der Waals surface area (Å²) >= 11 is 3.37. The molecule has 0 saturated heterocycles. The second-order valence-electron chi connectivity index (χ2n) is 5.07. The molecule has 110 valence electrons. The number of hydrogen-bond donors (Lipinski definition) is 1. The van der Waals surface area contributed by atoms with Gasteiger partial charge in [0.05, 0.1) is 6.04 Å². The molecule has 0 unspecified atom stereocenters. The molecule has 1 amide bonds. The average Bonchev–Trinajstić information content (AvgIpc) is 2.99. The van der Waals surface area contributed by atoms with Gasteiger partial charge in [0.25, 0.3) is 0 Å². The lowest BCUT2D eigenvalue weighted by Gasteiger charge is -2.26. The largest absolute Gasteiger partial charge is 0.349 e. The maximum Gasteiger partial charge on any atom is 0.220 e. The molecule has 2 heterocycles. The Morgan fingerprint density at radius 3 is 3.10 bits per heavy atom. The molecule has 2 aromatic rings. The van der Waals surface area contributed by atoms with Crippen molar-refractivity contribution in [2.75, 3.05) is 5.75 Å². The molecule has 5 heteroatoms. The normalized spacial score (nSPS) is 17.3. The molecule has 21 heavy (non-hydrogen) atoms. The van der Waals surface area contributed by atoms with E-state index in [1.54, 1.807) is 35.2 Å². The molecular weight excluding hydrogens is 305 g/mol. The second kappa shape index (κ2) is 6.62. The van der Waals surface area contributed by atoms with E-state index in [1.165, 1.54) is 11.6 Å². The standard InChI is InChI=1S/C16H16FNOS2/c17-12-2-3-15-13(9-12)14(6-8-21-15)18-16(19)4-1-11-5-7-20-10-11/h2-3,5,7,9-10,14H,1,4,6,8H2,(H,18,19)/t14-/m1/s1. The van der Waals surface area contributed by atoms with Crippen LogP contribution in [0.1, 0.15) is 30.0 Å². The lowest BCUT2D eigenvalue weighted by Crippen LogP contribution is -2.30. The zero-order chi connectivity index (χ0) is 14.7. The first-order valence-corrected chi connectivity index (χ1v) is 8.88. The van der Waals surface area contributed by atoms with Gasteiger partial charge in [0, 0.05) is 17.1 Å². The Bertz CT molecular complexity index is 627. The van der Waals surface area contributed by atoms with E-state index in [0.717, 1.165) is 29.1 Å². The molecule has 1 aromatic heterocycles. The SMILES string of the molecule is O=C(CCc1ccsc1)N[C@@H]1CCSc2ccc(F)cc21. The summed E-state index contributed by atoms with van der Waals surface area (Å²) in [5.41, 5.74) is 2.11. The Hall–Kier alpha value is -1.33. The fraction of sp³-hybridized carbons (Fsp3) is 0.312. The maximum atomic E-state index is 13.4. The van der Waals surface area contributed by atoms with E-state index < -0.39 is 0 Å². The maximum absolute atomic E-state index is 13.4. The van der Waals surface area contributed by atoms with Gasteiger partial charge in [-0.25, -0.2) is 4.39 Å². The van der Waals surface area contributed by atoms with Crippen molar-refractivity contribution in [2.24, 2.45) is 0 Å². The number of nitrogens with one attached hydrogen (secondary N) is 1. The van der Waals surface area contributed by atoms with Crippen molar-refractivity contribution < 1.29 is 9.18 Å². The van der Waals surface area contributed by atoms with Crippen LogP contribution in [0.4, 0.5) is 4.39 Å². The van der Waals surface area contributed by atoms with Gasteiger partial charge in [-0.3, -0.25) is 4.79 Å². The third-order valence-electron chi connectivity index (χ3n) is 3.57. The zero-order valence-electron chi connectivity index (χ0n) is 11.5. The fourth-order valence-corrected chi connectivity index (χ4v) is 4.28. The number of carbonyl (C=O) groups is 1. The van der Waals surface area contributed by atoms with Gasteiger partial charge in [-0.15, -0.1) is 11.8 Å². The first kappa shape index (κ1) is 14.6. The first-order valence-electron chi connectivity index (χ1n) is 6.95. The summed E-state index contributed by atoms with van der Waals surface area (Å²) in [7, 11) is 0. The van der Waals surface area contributed by atoms with Gasteiger partial charge in [-0.05, 0) is 59.0 Å². The van der Waals surface area contributed by atoms with Crippen LogP contribution in [0.5, 0.6) is 0 Å². The van der Waals surface area contributed by atoms with Crippen LogP contribution in [0.15, 0.2) is 39.9 Å². The molecule has 0 saturated carbocycles. The summed E-state index contributed by atoms with van der Waals surface area (Å²) in [6, 6.07) is 6.81. The first-order chi connectivity index (χ1) is 10.2. The number of thiophene rings is 1. The second-order valence-corrected chi connectivity index (χ2v) is 6.99. The van der Waals surface area contributed by atoms with Crippen LogP contribution >= 0.6 is 23.1 Å². The number of hydrogen-bond acceptors (Lipinski definition) is 3. The number of thioether (sulfide) groups is 1. The molecule has 0 fully saturated rings. The Balaban J connectivity index is 1.63. The minimum absolute atomic E-state index is 0.0355. The van der Waals surface area contributed by atoms with E-state index in [-0.39, 0.29) is 17.8 Å². The highest BCUT2D eigenvalue weighted by Crippen LogP contribution is 2.36. The van der Waals surface area contributed by atoms with E-state index in [9.17, 15) is 9.18 Å². The molecule has 0 aliphatic carbocycles. The molecule has 0 radical (unpaired) electrons. The number of fused-ring (bicyclic) bond motifs is 1. The van der Waals surface area contributed by atoms with Gasteiger partial charge in [0.2, 0.25) is 5.91 Å². The van der Waals surface area contributed by atoms with Gasteiger partial charge < -0.3 is 5.32 Å². The molecule has 0 spiro atoms. The molecular formula is C16H16FNOS2. The average molecular weight is 321 g/mol. The van der Waals surface area contributed by atoms with E-state index in [4.69, 9.17) is 0 Å². The number of carbonyl (C=O) groups excluding carboxylic acids is 1. The molecule has 0 bridgehead atoms. The monoisotopic (exact) mass is 321 g/mol.